The summed E-state index contributed by atoms with van der Waals surface area (Å²) in [5.41, 5.74) is -0.268. The second kappa shape index (κ2) is 5.76. The lowest BCUT2D eigenvalue weighted by Crippen LogP contribution is -2.40. The Morgan fingerprint density at radius 3 is 2.45 bits per heavy atom. The Kier molecular flexibility index (Phi) is 4.06. The highest BCUT2D eigenvalue weighted by Crippen LogP contribution is 2.09. The van der Waals surface area contributed by atoms with Crippen molar-refractivity contribution < 1.29 is 0 Å². The van der Waals surface area contributed by atoms with Crippen molar-refractivity contribution in [2.24, 2.45) is 0 Å². The maximum atomic E-state index is 12.2. The summed E-state index contributed by atoms with van der Waals surface area (Å²) in [7, 11) is 0. The smallest absolute Gasteiger partial charge is 0.299 e. The van der Waals surface area contributed by atoms with Crippen LogP contribution in [0.25, 0.3) is 0 Å². The fourth-order valence-corrected chi connectivity index (χ4v) is 1.99. The zero-order chi connectivity index (χ0) is 14.7. The molecular formula is C14H12ClN3O2. The number of nitrogens with zero attached hydrogens (tertiary/aromatic N) is 3. The van der Waals surface area contributed by atoms with Gasteiger partial charge in [0, 0.05) is 17.8 Å². The van der Waals surface area contributed by atoms with E-state index < -0.39 is 11.2 Å². The standard InChI is InChI=1S/C14H12ClN3O2/c1-2-17-9-11(7-16)13(19)18(14(17)20)8-10-3-5-12(15)6-4-10/h3-6,9H,2,8H2,1H3. The van der Waals surface area contributed by atoms with Gasteiger partial charge in [-0.05, 0) is 24.6 Å². The molecule has 1 aromatic heterocycles. The van der Waals surface area contributed by atoms with Gasteiger partial charge in [0.1, 0.15) is 11.6 Å². The normalized spacial score (nSPS) is 10.2. The van der Waals surface area contributed by atoms with E-state index in [4.69, 9.17) is 16.9 Å². The van der Waals surface area contributed by atoms with Crippen LogP contribution in [0.4, 0.5) is 0 Å². The van der Waals surface area contributed by atoms with E-state index in [-0.39, 0.29) is 12.1 Å². The Morgan fingerprint density at radius 2 is 1.90 bits per heavy atom. The molecule has 1 aromatic carbocycles. The van der Waals surface area contributed by atoms with Gasteiger partial charge in [-0.25, -0.2) is 4.79 Å². The zero-order valence-corrected chi connectivity index (χ0v) is 11.6. The number of halogens is 1. The van der Waals surface area contributed by atoms with E-state index in [9.17, 15) is 9.59 Å². The number of aryl methyl sites for hydroxylation is 1. The minimum Gasteiger partial charge on any atom is -0.299 e. The minimum atomic E-state index is -0.572. The Hall–Kier alpha value is -2.32. The maximum Gasteiger partial charge on any atom is 0.331 e. The summed E-state index contributed by atoms with van der Waals surface area (Å²) in [6, 6.07) is 8.68. The second-order valence-corrected chi connectivity index (χ2v) is 4.68. The Bertz CT molecular complexity index is 782. The first-order valence-corrected chi connectivity index (χ1v) is 6.43. The molecule has 6 heteroatoms. The van der Waals surface area contributed by atoms with Gasteiger partial charge in [0.25, 0.3) is 5.56 Å². The molecule has 2 rings (SSSR count). The van der Waals surface area contributed by atoms with E-state index in [0.717, 1.165) is 10.1 Å². The average molecular weight is 290 g/mol. The van der Waals surface area contributed by atoms with Crippen molar-refractivity contribution in [1.82, 2.24) is 9.13 Å². The topological polar surface area (TPSA) is 67.8 Å². The zero-order valence-electron chi connectivity index (χ0n) is 10.8. The third-order valence-corrected chi connectivity index (χ3v) is 3.20. The highest BCUT2D eigenvalue weighted by atomic mass is 35.5. The molecule has 0 atom stereocenters. The summed E-state index contributed by atoms with van der Waals surface area (Å²) in [6.45, 7) is 2.29. The number of aromatic nitrogens is 2. The SMILES string of the molecule is CCn1cc(C#N)c(=O)n(Cc2ccc(Cl)cc2)c1=O. The van der Waals surface area contributed by atoms with Gasteiger partial charge in [-0.1, -0.05) is 23.7 Å². The highest BCUT2D eigenvalue weighted by Gasteiger charge is 2.10. The predicted octanol–water partition coefficient (Wildman–Crippen LogP) is 1.60. The fraction of sp³-hybridized carbons (Fsp3) is 0.214. The highest BCUT2D eigenvalue weighted by molar-refractivity contribution is 6.30. The second-order valence-electron chi connectivity index (χ2n) is 4.24. The van der Waals surface area contributed by atoms with Crippen molar-refractivity contribution >= 4 is 11.6 Å². The first kappa shape index (κ1) is 14.1. The Balaban J connectivity index is 2.56. The van der Waals surface area contributed by atoms with Crippen molar-refractivity contribution in [2.75, 3.05) is 0 Å². The lowest BCUT2D eigenvalue weighted by atomic mass is 10.2. The molecule has 0 bridgehead atoms. The van der Waals surface area contributed by atoms with Crippen LogP contribution in [0.2, 0.25) is 5.02 Å². The Morgan fingerprint density at radius 1 is 1.25 bits per heavy atom. The van der Waals surface area contributed by atoms with Crippen LogP contribution in [0.15, 0.2) is 40.1 Å². The van der Waals surface area contributed by atoms with Crippen molar-refractivity contribution in [3.8, 4) is 6.07 Å². The van der Waals surface area contributed by atoms with Gasteiger partial charge in [0.15, 0.2) is 0 Å². The van der Waals surface area contributed by atoms with Crippen LogP contribution >= 0.6 is 11.6 Å². The molecule has 0 aliphatic carbocycles. The van der Waals surface area contributed by atoms with E-state index in [1.54, 1.807) is 31.2 Å². The third-order valence-electron chi connectivity index (χ3n) is 2.95. The van der Waals surface area contributed by atoms with Crippen LogP contribution in [0, 0.1) is 11.3 Å². The average Bonchev–Trinajstić information content (AvgIpc) is 2.46. The first-order chi connectivity index (χ1) is 9.56. The molecule has 0 spiro atoms. The summed E-state index contributed by atoms with van der Waals surface area (Å²) < 4.78 is 2.40. The predicted molar refractivity (Wildman–Crippen MR) is 75.9 cm³/mol. The molecule has 0 aliphatic rings. The van der Waals surface area contributed by atoms with Gasteiger partial charge in [-0.15, -0.1) is 0 Å². The van der Waals surface area contributed by atoms with Gasteiger partial charge in [0.05, 0.1) is 6.54 Å². The van der Waals surface area contributed by atoms with Crippen LogP contribution in [-0.2, 0) is 13.1 Å². The van der Waals surface area contributed by atoms with Crippen molar-refractivity contribution in [2.45, 2.75) is 20.0 Å². The molecule has 0 saturated carbocycles. The molecule has 0 amide bonds. The molecule has 0 fully saturated rings. The summed E-state index contributed by atoms with van der Waals surface area (Å²) in [5, 5.41) is 9.54. The molecule has 0 unspecified atom stereocenters. The van der Waals surface area contributed by atoms with E-state index in [1.165, 1.54) is 10.8 Å². The molecule has 0 radical (unpaired) electrons. The monoisotopic (exact) mass is 289 g/mol. The van der Waals surface area contributed by atoms with Crippen LogP contribution < -0.4 is 11.2 Å². The summed E-state index contributed by atoms with van der Waals surface area (Å²) in [4.78, 5) is 24.2. The first-order valence-electron chi connectivity index (χ1n) is 6.05. The van der Waals surface area contributed by atoms with E-state index in [1.807, 2.05) is 6.07 Å². The molecule has 0 N–H and O–H groups in total. The quantitative estimate of drug-likeness (QED) is 0.862. The molecule has 102 valence electrons. The molecular weight excluding hydrogens is 278 g/mol. The van der Waals surface area contributed by atoms with Crippen LogP contribution in [0.3, 0.4) is 0 Å². The largest absolute Gasteiger partial charge is 0.331 e. The van der Waals surface area contributed by atoms with Gasteiger partial charge in [-0.2, -0.15) is 5.26 Å². The van der Waals surface area contributed by atoms with Crippen molar-refractivity contribution in [3.05, 3.63) is 67.4 Å². The van der Waals surface area contributed by atoms with E-state index in [0.29, 0.717) is 11.6 Å². The Labute approximate surface area is 120 Å². The fourth-order valence-electron chi connectivity index (χ4n) is 1.87. The van der Waals surface area contributed by atoms with Gasteiger partial charge >= 0.3 is 5.69 Å². The molecule has 5 nitrogen and oxygen atoms in total. The molecule has 1 heterocycles. The lowest BCUT2D eigenvalue weighted by Gasteiger charge is -2.09. The van der Waals surface area contributed by atoms with E-state index in [2.05, 4.69) is 0 Å². The summed E-state index contributed by atoms with van der Waals surface area (Å²) in [6.07, 6.45) is 1.29. The minimum absolute atomic E-state index is 0.0413. The number of rotatable bonds is 3. The van der Waals surface area contributed by atoms with E-state index >= 15 is 0 Å². The molecule has 0 saturated heterocycles. The van der Waals surface area contributed by atoms with Crippen LogP contribution in [0.1, 0.15) is 18.1 Å². The number of hydrogen-bond acceptors (Lipinski definition) is 3. The van der Waals surface area contributed by atoms with Crippen LogP contribution in [-0.4, -0.2) is 9.13 Å². The van der Waals surface area contributed by atoms with Gasteiger partial charge in [0.2, 0.25) is 0 Å². The molecule has 20 heavy (non-hydrogen) atoms. The molecule has 0 aliphatic heterocycles. The van der Waals surface area contributed by atoms with Crippen LogP contribution in [0.5, 0.6) is 0 Å². The lowest BCUT2D eigenvalue weighted by molar-refractivity contribution is 0.597. The summed E-state index contributed by atoms with van der Waals surface area (Å²) >= 11 is 5.80. The van der Waals surface area contributed by atoms with Gasteiger partial charge in [-0.3, -0.25) is 13.9 Å². The van der Waals surface area contributed by atoms with Gasteiger partial charge < -0.3 is 0 Å². The molecule has 2 aromatic rings. The maximum absolute atomic E-state index is 12.2. The summed E-state index contributed by atoms with van der Waals surface area (Å²) in [5.74, 6) is 0. The third kappa shape index (κ3) is 2.65. The number of benzene rings is 1. The van der Waals surface area contributed by atoms with Crippen molar-refractivity contribution in [1.29, 1.82) is 5.26 Å². The van der Waals surface area contributed by atoms with Crippen molar-refractivity contribution in [3.63, 3.8) is 0 Å². The number of nitriles is 1. The number of hydrogen-bond donors (Lipinski definition) is 0.